The van der Waals surface area contributed by atoms with Crippen LogP contribution in [0.2, 0.25) is 0 Å². The fraction of sp³-hybridized carbons (Fsp3) is 0.381. The molecule has 0 spiro atoms. The molecule has 9 heteroatoms. The lowest BCUT2D eigenvalue weighted by Crippen LogP contribution is -2.71. The molecule has 2 amide bonds. The lowest BCUT2D eigenvalue weighted by Gasteiger charge is -2.59. The van der Waals surface area contributed by atoms with Gasteiger partial charge in [-0.15, -0.1) is 0 Å². The summed E-state index contributed by atoms with van der Waals surface area (Å²) >= 11 is 0. The summed E-state index contributed by atoms with van der Waals surface area (Å²) in [5.74, 6) is -1.55. The Morgan fingerprint density at radius 1 is 1.13 bits per heavy atom. The van der Waals surface area contributed by atoms with Crippen LogP contribution in [-0.4, -0.2) is 58.2 Å². The average molecular weight is 419 g/mol. The zero-order valence-electron chi connectivity index (χ0n) is 15.9. The number of pyridine rings is 1. The van der Waals surface area contributed by atoms with Crippen molar-refractivity contribution in [3.63, 3.8) is 0 Å². The highest BCUT2D eigenvalue weighted by Gasteiger charge is 2.55. The van der Waals surface area contributed by atoms with E-state index in [0.717, 1.165) is 4.90 Å². The Kier molecular flexibility index (Phi) is 5.23. The SMILES string of the molecule is O=C(CC(F)(F)F)N1C[C@@H]2[C@H](c3ccccc31)[C@@H](CO)N2C(=O)Cc1cccnc1. The highest BCUT2D eigenvalue weighted by atomic mass is 19.4. The van der Waals surface area contributed by atoms with Crippen molar-refractivity contribution in [1.82, 2.24) is 9.88 Å². The number of alkyl halides is 3. The van der Waals surface area contributed by atoms with E-state index in [2.05, 4.69) is 4.98 Å². The van der Waals surface area contributed by atoms with Crippen molar-refractivity contribution in [2.75, 3.05) is 18.1 Å². The number of anilines is 1. The van der Waals surface area contributed by atoms with Gasteiger partial charge in [0.1, 0.15) is 6.42 Å². The molecule has 2 aliphatic heterocycles. The summed E-state index contributed by atoms with van der Waals surface area (Å²) in [5.41, 5.74) is 1.78. The maximum Gasteiger partial charge on any atom is 0.397 e. The van der Waals surface area contributed by atoms with Crippen LogP contribution in [0.5, 0.6) is 0 Å². The first-order chi connectivity index (χ1) is 14.3. The third-order valence-corrected chi connectivity index (χ3v) is 5.71. The number of hydrogen-bond donors (Lipinski definition) is 1. The average Bonchev–Trinajstić information content (AvgIpc) is 2.67. The van der Waals surface area contributed by atoms with Crippen molar-refractivity contribution >= 4 is 17.5 Å². The Labute approximate surface area is 170 Å². The molecule has 1 saturated heterocycles. The molecule has 3 heterocycles. The van der Waals surface area contributed by atoms with Gasteiger partial charge in [-0.2, -0.15) is 13.2 Å². The number of likely N-dealkylation sites (tertiary alicyclic amines) is 1. The van der Waals surface area contributed by atoms with Crippen molar-refractivity contribution < 1.29 is 27.9 Å². The summed E-state index contributed by atoms with van der Waals surface area (Å²) in [6, 6.07) is 9.23. The number of rotatable bonds is 4. The molecule has 6 nitrogen and oxygen atoms in total. The van der Waals surface area contributed by atoms with Gasteiger partial charge in [0.15, 0.2) is 0 Å². The van der Waals surface area contributed by atoms with E-state index in [1.165, 1.54) is 4.90 Å². The molecule has 2 aromatic rings. The molecule has 0 radical (unpaired) electrons. The van der Waals surface area contributed by atoms with Crippen molar-refractivity contribution in [2.24, 2.45) is 0 Å². The second kappa shape index (κ2) is 7.71. The number of carbonyl (C=O) groups excluding carboxylic acids is 2. The lowest BCUT2D eigenvalue weighted by molar-refractivity contribution is -0.155. The Morgan fingerprint density at radius 2 is 1.90 bits per heavy atom. The number of aliphatic hydroxyl groups is 1. The maximum absolute atomic E-state index is 12.9. The van der Waals surface area contributed by atoms with Gasteiger partial charge >= 0.3 is 6.18 Å². The van der Waals surface area contributed by atoms with Crippen LogP contribution < -0.4 is 4.90 Å². The molecule has 1 N–H and O–H groups in total. The molecular formula is C21H20F3N3O3. The van der Waals surface area contributed by atoms with Crippen LogP contribution in [0.25, 0.3) is 0 Å². The van der Waals surface area contributed by atoms with Gasteiger partial charge in [-0.25, -0.2) is 0 Å². The summed E-state index contributed by atoms with van der Waals surface area (Å²) in [6.07, 6.45) is -2.96. The van der Waals surface area contributed by atoms with Gasteiger partial charge in [0, 0.05) is 30.5 Å². The number of amides is 2. The van der Waals surface area contributed by atoms with Crippen LogP contribution in [-0.2, 0) is 16.0 Å². The summed E-state index contributed by atoms with van der Waals surface area (Å²) < 4.78 is 38.5. The van der Waals surface area contributed by atoms with Crippen molar-refractivity contribution in [1.29, 1.82) is 0 Å². The first-order valence-corrected chi connectivity index (χ1v) is 9.57. The third kappa shape index (κ3) is 3.65. The summed E-state index contributed by atoms with van der Waals surface area (Å²) in [5, 5.41) is 9.93. The van der Waals surface area contributed by atoms with E-state index in [1.807, 2.05) is 0 Å². The van der Waals surface area contributed by atoms with Gasteiger partial charge in [-0.3, -0.25) is 14.6 Å². The van der Waals surface area contributed by atoms with E-state index >= 15 is 0 Å². The standard InChI is InChI=1S/C21H20F3N3O3/c22-21(23,24)9-19(30)26-11-16-20(14-5-1-2-6-15(14)26)17(12-28)27(16)18(29)8-13-4-3-7-25-10-13/h1-7,10,16-17,20,28H,8-9,11-12H2/t16-,17-,20+/m1/s1. The van der Waals surface area contributed by atoms with Gasteiger partial charge in [0.05, 0.1) is 25.1 Å². The minimum absolute atomic E-state index is 0.0358. The number of fused-ring (bicyclic) bond motifs is 3. The quantitative estimate of drug-likeness (QED) is 0.825. The highest BCUT2D eigenvalue weighted by Crippen LogP contribution is 2.48. The number of para-hydroxylation sites is 1. The number of hydrogen-bond acceptors (Lipinski definition) is 4. The molecule has 2 aliphatic rings. The number of aliphatic hydroxyl groups excluding tert-OH is 1. The van der Waals surface area contributed by atoms with Gasteiger partial charge in [0.25, 0.3) is 0 Å². The Balaban J connectivity index is 1.63. The number of aromatic nitrogens is 1. The second-order valence-electron chi connectivity index (χ2n) is 7.54. The van der Waals surface area contributed by atoms with Crippen LogP contribution in [0.15, 0.2) is 48.8 Å². The first kappa shape index (κ1) is 20.3. The zero-order valence-corrected chi connectivity index (χ0v) is 15.9. The summed E-state index contributed by atoms with van der Waals surface area (Å²) in [4.78, 5) is 32.0. The monoisotopic (exact) mass is 419 g/mol. The van der Waals surface area contributed by atoms with Gasteiger partial charge in [0.2, 0.25) is 11.8 Å². The Morgan fingerprint density at radius 3 is 2.57 bits per heavy atom. The fourth-order valence-electron chi connectivity index (χ4n) is 4.51. The van der Waals surface area contributed by atoms with Gasteiger partial charge in [-0.1, -0.05) is 24.3 Å². The largest absolute Gasteiger partial charge is 0.397 e. The lowest BCUT2D eigenvalue weighted by atomic mass is 9.71. The molecule has 158 valence electrons. The fourth-order valence-corrected chi connectivity index (χ4v) is 4.51. The van der Waals surface area contributed by atoms with Crippen LogP contribution in [0.4, 0.5) is 18.9 Å². The van der Waals surface area contributed by atoms with Crippen LogP contribution in [0, 0.1) is 0 Å². The molecule has 3 atom stereocenters. The molecule has 1 fully saturated rings. The predicted octanol–water partition coefficient (Wildman–Crippen LogP) is 2.28. The van der Waals surface area contributed by atoms with E-state index in [-0.39, 0.29) is 31.4 Å². The van der Waals surface area contributed by atoms with Crippen LogP contribution in [0.3, 0.4) is 0 Å². The smallest absolute Gasteiger partial charge is 0.394 e. The summed E-state index contributed by atoms with van der Waals surface area (Å²) in [7, 11) is 0. The minimum atomic E-state index is -4.62. The van der Waals surface area contributed by atoms with Crippen LogP contribution >= 0.6 is 0 Å². The van der Waals surface area contributed by atoms with E-state index in [0.29, 0.717) is 16.8 Å². The molecule has 0 bridgehead atoms. The number of carbonyl (C=O) groups is 2. The summed E-state index contributed by atoms with van der Waals surface area (Å²) in [6.45, 7) is -0.309. The molecule has 30 heavy (non-hydrogen) atoms. The number of benzene rings is 1. The molecule has 1 aromatic carbocycles. The molecule has 1 aromatic heterocycles. The second-order valence-corrected chi connectivity index (χ2v) is 7.54. The molecule has 0 unspecified atom stereocenters. The third-order valence-electron chi connectivity index (χ3n) is 5.71. The van der Waals surface area contributed by atoms with Crippen LogP contribution in [0.1, 0.15) is 23.5 Å². The van der Waals surface area contributed by atoms with Crippen molar-refractivity contribution in [2.45, 2.75) is 37.0 Å². The highest BCUT2D eigenvalue weighted by molar-refractivity contribution is 5.96. The van der Waals surface area contributed by atoms with E-state index in [9.17, 15) is 27.9 Å². The number of halogens is 3. The molecular weight excluding hydrogens is 399 g/mol. The van der Waals surface area contributed by atoms with Gasteiger partial charge < -0.3 is 14.9 Å². The Bertz CT molecular complexity index is 951. The van der Waals surface area contributed by atoms with E-state index < -0.39 is 30.6 Å². The van der Waals surface area contributed by atoms with Crippen molar-refractivity contribution in [3.8, 4) is 0 Å². The minimum Gasteiger partial charge on any atom is -0.394 e. The van der Waals surface area contributed by atoms with E-state index in [4.69, 9.17) is 0 Å². The number of nitrogens with zero attached hydrogens (tertiary/aromatic N) is 3. The predicted molar refractivity (Wildman–Crippen MR) is 102 cm³/mol. The molecule has 4 rings (SSSR count). The molecule has 0 saturated carbocycles. The normalized spacial score (nSPS) is 22.7. The zero-order chi connectivity index (χ0) is 21.5. The van der Waals surface area contributed by atoms with Crippen molar-refractivity contribution in [3.05, 3.63) is 59.9 Å². The maximum atomic E-state index is 12.9. The first-order valence-electron chi connectivity index (χ1n) is 9.57. The molecule has 0 aliphatic carbocycles. The van der Waals surface area contributed by atoms with E-state index in [1.54, 1.807) is 48.8 Å². The van der Waals surface area contributed by atoms with Gasteiger partial charge in [-0.05, 0) is 23.3 Å². The topological polar surface area (TPSA) is 73.7 Å². The Hall–Kier alpha value is -2.94.